The maximum atomic E-state index is 10.0. The Hall–Kier alpha value is -1.84. The summed E-state index contributed by atoms with van der Waals surface area (Å²) in [4.78, 5) is 4.04. The average molecular weight is 234 g/mol. The fraction of sp³-hybridized carbons (Fsp3) is 0.455. The first-order chi connectivity index (χ1) is 8.14. The normalized spacial score (nSPS) is 23.3. The fourth-order valence-corrected chi connectivity index (χ4v) is 1.70. The molecule has 1 aliphatic heterocycles. The molecule has 1 atom stereocenters. The molecule has 1 aromatic heterocycles. The van der Waals surface area contributed by atoms with Gasteiger partial charge >= 0.3 is 0 Å². The second kappa shape index (κ2) is 4.57. The molecule has 0 saturated carbocycles. The van der Waals surface area contributed by atoms with E-state index in [9.17, 15) is 5.11 Å². The van der Waals surface area contributed by atoms with Gasteiger partial charge in [-0.1, -0.05) is 0 Å². The highest BCUT2D eigenvalue weighted by Crippen LogP contribution is 2.22. The van der Waals surface area contributed by atoms with E-state index >= 15 is 0 Å². The maximum Gasteiger partial charge on any atom is 0.150 e. The smallest absolute Gasteiger partial charge is 0.150 e. The first kappa shape index (κ1) is 11.6. The van der Waals surface area contributed by atoms with Crippen LogP contribution in [-0.4, -0.2) is 35.5 Å². The number of pyridine rings is 1. The van der Waals surface area contributed by atoms with E-state index in [0.717, 1.165) is 0 Å². The topological polar surface area (TPSA) is 104 Å². The zero-order chi connectivity index (χ0) is 12.3. The number of nitrogens with zero attached hydrogens (tertiary/aromatic N) is 2. The van der Waals surface area contributed by atoms with Crippen molar-refractivity contribution in [3.63, 3.8) is 0 Å². The van der Waals surface area contributed by atoms with Crippen LogP contribution in [0.25, 0.3) is 0 Å². The van der Waals surface area contributed by atoms with E-state index in [2.05, 4.69) is 10.3 Å². The third-order valence-electron chi connectivity index (χ3n) is 2.78. The van der Waals surface area contributed by atoms with E-state index in [0.29, 0.717) is 43.2 Å². The number of nitrogens with two attached hydrogens (primary N) is 1. The number of nitrogens with one attached hydrogen (secondary N) is 1. The largest absolute Gasteiger partial charge is 0.395 e. The molecule has 0 aromatic carbocycles. The molecule has 0 bridgehead atoms. The van der Waals surface area contributed by atoms with Gasteiger partial charge < -0.3 is 20.9 Å². The molecule has 6 heteroatoms. The van der Waals surface area contributed by atoms with Crippen LogP contribution in [0.5, 0.6) is 0 Å². The second-order valence-electron chi connectivity index (χ2n) is 4.11. The molecule has 1 aromatic rings. The molecular weight excluding hydrogens is 220 g/mol. The number of nitrogen functional groups attached to an aromatic ring is 1. The molecular formula is C11H14N4O2. The summed E-state index contributed by atoms with van der Waals surface area (Å²) < 4.78 is 5.13. The minimum absolute atomic E-state index is 0.303. The van der Waals surface area contributed by atoms with Gasteiger partial charge in [-0.2, -0.15) is 5.26 Å². The van der Waals surface area contributed by atoms with E-state index in [1.165, 1.54) is 6.20 Å². The van der Waals surface area contributed by atoms with Crippen LogP contribution in [0.15, 0.2) is 12.3 Å². The van der Waals surface area contributed by atoms with Crippen molar-refractivity contribution in [2.45, 2.75) is 12.0 Å². The van der Waals surface area contributed by atoms with Crippen LogP contribution in [0.2, 0.25) is 0 Å². The van der Waals surface area contributed by atoms with Gasteiger partial charge in [0.1, 0.15) is 11.7 Å². The van der Waals surface area contributed by atoms with E-state index in [1.54, 1.807) is 6.07 Å². The molecule has 4 N–H and O–H groups in total. The van der Waals surface area contributed by atoms with Crippen molar-refractivity contribution in [2.24, 2.45) is 0 Å². The molecule has 0 spiro atoms. The highest BCUT2D eigenvalue weighted by Gasteiger charge is 2.32. The van der Waals surface area contributed by atoms with E-state index in [1.807, 2.05) is 6.07 Å². The number of anilines is 2. The summed E-state index contributed by atoms with van der Waals surface area (Å²) >= 11 is 0. The lowest BCUT2D eigenvalue weighted by Gasteiger charge is -2.21. The van der Waals surface area contributed by atoms with Gasteiger partial charge in [-0.15, -0.1) is 0 Å². The molecule has 17 heavy (non-hydrogen) atoms. The van der Waals surface area contributed by atoms with Crippen LogP contribution < -0.4 is 11.1 Å². The molecule has 6 nitrogen and oxygen atoms in total. The first-order valence-corrected chi connectivity index (χ1v) is 5.33. The third-order valence-corrected chi connectivity index (χ3v) is 2.78. The maximum absolute atomic E-state index is 10.0. The number of rotatable bonds is 3. The van der Waals surface area contributed by atoms with Crippen LogP contribution in [0, 0.1) is 11.3 Å². The lowest BCUT2D eigenvalue weighted by molar-refractivity contribution is 0.0381. The summed E-state index contributed by atoms with van der Waals surface area (Å²) in [5.41, 5.74) is 5.56. The lowest BCUT2D eigenvalue weighted by atomic mass is 10.0. The van der Waals surface area contributed by atoms with Crippen molar-refractivity contribution in [1.82, 2.24) is 4.98 Å². The third kappa shape index (κ3) is 2.46. The number of aliphatic hydroxyl groups is 1. The quantitative estimate of drug-likeness (QED) is 0.685. The fourth-order valence-electron chi connectivity index (χ4n) is 1.70. The van der Waals surface area contributed by atoms with Gasteiger partial charge in [0, 0.05) is 25.8 Å². The van der Waals surface area contributed by atoms with Crippen molar-refractivity contribution < 1.29 is 9.84 Å². The zero-order valence-electron chi connectivity index (χ0n) is 9.31. The lowest BCUT2D eigenvalue weighted by Crippen LogP contribution is -2.37. The van der Waals surface area contributed by atoms with Crippen LogP contribution in [0.3, 0.4) is 0 Å². The number of ether oxygens (including phenoxy) is 1. The average Bonchev–Trinajstić information content (AvgIpc) is 2.75. The van der Waals surface area contributed by atoms with E-state index < -0.39 is 5.60 Å². The first-order valence-electron chi connectivity index (χ1n) is 5.33. The van der Waals surface area contributed by atoms with Gasteiger partial charge in [0.15, 0.2) is 5.82 Å². The molecule has 0 amide bonds. The Balaban J connectivity index is 2.07. The summed E-state index contributed by atoms with van der Waals surface area (Å²) in [7, 11) is 0. The van der Waals surface area contributed by atoms with E-state index in [4.69, 9.17) is 15.7 Å². The van der Waals surface area contributed by atoms with Crippen LogP contribution in [0.1, 0.15) is 12.0 Å². The van der Waals surface area contributed by atoms with Gasteiger partial charge in [-0.25, -0.2) is 4.98 Å². The zero-order valence-corrected chi connectivity index (χ0v) is 9.31. The molecule has 1 unspecified atom stereocenters. The summed E-state index contributed by atoms with van der Waals surface area (Å²) in [6.45, 7) is 1.16. The van der Waals surface area contributed by atoms with Crippen LogP contribution in [0.4, 0.5) is 11.5 Å². The van der Waals surface area contributed by atoms with Gasteiger partial charge in [-0.3, -0.25) is 0 Å². The Morgan fingerprint density at radius 1 is 1.71 bits per heavy atom. The number of hydrogen-bond acceptors (Lipinski definition) is 6. The Kier molecular flexibility index (Phi) is 3.13. The van der Waals surface area contributed by atoms with Crippen molar-refractivity contribution >= 4 is 11.5 Å². The van der Waals surface area contributed by atoms with Crippen molar-refractivity contribution in [3.8, 4) is 6.07 Å². The number of hydrogen-bond donors (Lipinski definition) is 3. The molecule has 1 saturated heterocycles. The summed E-state index contributed by atoms with van der Waals surface area (Å²) in [6, 6.07) is 3.53. The summed E-state index contributed by atoms with van der Waals surface area (Å²) in [5, 5.41) is 21.8. The van der Waals surface area contributed by atoms with Gasteiger partial charge in [-0.05, 0) is 6.07 Å². The predicted molar refractivity (Wildman–Crippen MR) is 62.2 cm³/mol. The number of nitriles is 1. The highest BCUT2D eigenvalue weighted by atomic mass is 16.5. The molecule has 1 fully saturated rings. The van der Waals surface area contributed by atoms with Crippen LogP contribution in [-0.2, 0) is 4.74 Å². The molecule has 2 rings (SSSR count). The second-order valence-corrected chi connectivity index (χ2v) is 4.11. The number of aromatic nitrogens is 1. The van der Waals surface area contributed by atoms with E-state index in [-0.39, 0.29) is 0 Å². The van der Waals surface area contributed by atoms with Gasteiger partial charge in [0.05, 0.1) is 17.9 Å². The van der Waals surface area contributed by atoms with Crippen LogP contribution >= 0.6 is 0 Å². The Morgan fingerprint density at radius 3 is 3.18 bits per heavy atom. The minimum Gasteiger partial charge on any atom is -0.395 e. The molecule has 0 aliphatic carbocycles. The Labute approximate surface area is 99.0 Å². The summed E-state index contributed by atoms with van der Waals surface area (Å²) in [5.74, 6) is 0.421. The molecule has 0 radical (unpaired) electrons. The van der Waals surface area contributed by atoms with Crippen molar-refractivity contribution in [1.29, 1.82) is 5.26 Å². The predicted octanol–water partition coefficient (Wildman–Crippen LogP) is 0.0988. The Bertz CT molecular complexity index is 449. The Morgan fingerprint density at radius 2 is 2.53 bits per heavy atom. The SMILES string of the molecule is N#Cc1ccnc(NCC2(O)CCOC2)c1N. The van der Waals surface area contributed by atoms with Gasteiger partial charge in [0.25, 0.3) is 0 Å². The minimum atomic E-state index is -0.878. The van der Waals surface area contributed by atoms with Crippen molar-refractivity contribution in [2.75, 3.05) is 30.8 Å². The molecule has 1 aliphatic rings. The standard InChI is InChI=1S/C11H14N4O2/c12-5-8-1-3-14-10(9(8)13)15-6-11(16)2-4-17-7-11/h1,3,16H,2,4,6-7,13H2,(H,14,15). The van der Waals surface area contributed by atoms with Gasteiger partial charge in [0.2, 0.25) is 0 Å². The monoisotopic (exact) mass is 234 g/mol. The molecule has 90 valence electrons. The molecule has 2 heterocycles. The van der Waals surface area contributed by atoms with Crippen molar-refractivity contribution in [3.05, 3.63) is 17.8 Å². The summed E-state index contributed by atoms with van der Waals surface area (Å²) in [6.07, 6.45) is 2.09. The highest BCUT2D eigenvalue weighted by molar-refractivity contribution is 5.68.